The van der Waals surface area contributed by atoms with E-state index in [2.05, 4.69) is 10.6 Å². The number of nitrogens with one attached hydrogen (secondary N) is 2. The Bertz CT molecular complexity index is 438. The van der Waals surface area contributed by atoms with Crippen LogP contribution in [0.25, 0.3) is 0 Å². The lowest BCUT2D eigenvalue weighted by Gasteiger charge is -2.24. The number of carbonyl (C=O) groups excluding carboxylic acids is 1. The zero-order chi connectivity index (χ0) is 14.7. The lowest BCUT2D eigenvalue weighted by molar-refractivity contribution is -0.137. The molecule has 0 atom stereocenters. The van der Waals surface area contributed by atoms with Gasteiger partial charge in [0.2, 0.25) is 5.91 Å². The van der Waals surface area contributed by atoms with Crippen molar-refractivity contribution in [2.75, 3.05) is 11.9 Å². The highest BCUT2D eigenvalue weighted by atomic mass is 19.4. The number of hydrogen-bond acceptors (Lipinski definition) is 2. The summed E-state index contributed by atoms with van der Waals surface area (Å²) < 4.78 is 37.1. The number of benzene rings is 1. The van der Waals surface area contributed by atoms with Crippen LogP contribution in [-0.2, 0) is 11.0 Å². The van der Waals surface area contributed by atoms with Crippen molar-refractivity contribution in [2.45, 2.75) is 32.5 Å². The third-order valence-electron chi connectivity index (χ3n) is 2.66. The summed E-state index contributed by atoms with van der Waals surface area (Å²) in [5, 5.41) is 5.56. The predicted octanol–water partition coefficient (Wildman–Crippen LogP) is 3.03. The Morgan fingerprint density at radius 2 is 1.68 bits per heavy atom. The van der Waals surface area contributed by atoms with Crippen LogP contribution in [0.2, 0.25) is 0 Å². The maximum absolute atomic E-state index is 12.4. The van der Waals surface area contributed by atoms with Crippen LogP contribution in [0, 0.1) is 0 Å². The van der Waals surface area contributed by atoms with E-state index < -0.39 is 17.3 Å². The van der Waals surface area contributed by atoms with E-state index >= 15 is 0 Å². The fourth-order valence-electron chi connectivity index (χ4n) is 1.55. The Kier molecular flexibility index (Phi) is 4.57. The number of carbonyl (C=O) groups is 1. The molecule has 1 amide bonds. The topological polar surface area (TPSA) is 41.1 Å². The molecule has 106 valence electrons. The minimum absolute atomic E-state index is 0.297. The van der Waals surface area contributed by atoms with Crippen molar-refractivity contribution in [1.29, 1.82) is 0 Å². The normalized spacial score (nSPS) is 12.3. The van der Waals surface area contributed by atoms with Gasteiger partial charge in [-0.25, -0.2) is 0 Å². The van der Waals surface area contributed by atoms with Gasteiger partial charge in [-0.3, -0.25) is 4.79 Å². The number of rotatable bonds is 4. The Labute approximate surface area is 110 Å². The van der Waals surface area contributed by atoms with Crippen molar-refractivity contribution in [3.63, 3.8) is 0 Å². The predicted molar refractivity (Wildman–Crippen MR) is 67.8 cm³/mol. The molecule has 0 heterocycles. The van der Waals surface area contributed by atoms with E-state index in [0.717, 1.165) is 12.1 Å². The summed E-state index contributed by atoms with van der Waals surface area (Å²) in [7, 11) is 0. The van der Waals surface area contributed by atoms with Gasteiger partial charge in [-0.1, -0.05) is 6.92 Å². The number of hydrogen-bond donors (Lipinski definition) is 2. The molecule has 0 aliphatic rings. The van der Waals surface area contributed by atoms with Gasteiger partial charge in [0, 0.05) is 5.69 Å². The quantitative estimate of drug-likeness (QED) is 0.886. The summed E-state index contributed by atoms with van der Waals surface area (Å²) in [6, 6.07) is 4.36. The van der Waals surface area contributed by atoms with Gasteiger partial charge in [0.05, 0.1) is 11.1 Å². The van der Waals surface area contributed by atoms with Crippen LogP contribution in [0.4, 0.5) is 18.9 Å². The Morgan fingerprint density at radius 1 is 1.16 bits per heavy atom. The molecule has 0 unspecified atom stereocenters. The standard InChI is InChI=1S/C13H17F3N2O/c1-4-17-12(2,3)11(19)18-10-7-5-9(6-8-10)13(14,15)16/h5-8,17H,4H2,1-3H3,(H,18,19). The van der Waals surface area contributed by atoms with Gasteiger partial charge >= 0.3 is 6.18 Å². The third kappa shape index (κ3) is 4.24. The molecule has 0 fully saturated rings. The molecule has 0 aliphatic carbocycles. The summed E-state index contributed by atoms with van der Waals surface area (Å²) in [5.74, 6) is -0.297. The van der Waals surface area contributed by atoms with E-state index in [1.54, 1.807) is 13.8 Å². The number of halogens is 3. The van der Waals surface area contributed by atoms with Gasteiger partial charge in [0.15, 0.2) is 0 Å². The fraction of sp³-hybridized carbons (Fsp3) is 0.462. The highest BCUT2D eigenvalue weighted by molar-refractivity contribution is 5.97. The molecule has 0 bridgehead atoms. The smallest absolute Gasteiger partial charge is 0.325 e. The maximum atomic E-state index is 12.4. The molecule has 0 aliphatic heterocycles. The summed E-state index contributed by atoms with van der Waals surface area (Å²) in [5.41, 5.74) is -1.18. The molecule has 3 nitrogen and oxygen atoms in total. The number of likely N-dealkylation sites (N-methyl/N-ethyl adjacent to an activating group) is 1. The van der Waals surface area contributed by atoms with Crippen molar-refractivity contribution in [3.8, 4) is 0 Å². The largest absolute Gasteiger partial charge is 0.416 e. The van der Waals surface area contributed by atoms with E-state index in [-0.39, 0.29) is 5.91 Å². The van der Waals surface area contributed by atoms with Gasteiger partial charge in [-0.15, -0.1) is 0 Å². The average Bonchev–Trinajstić information content (AvgIpc) is 2.28. The number of amides is 1. The molecule has 0 saturated carbocycles. The van der Waals surface area contributed by atoms with E-state index in [0.29, 0.717) is 12.2 Å². The minimum Gasteiger partial charge on any atom is -0.325 e. The second kappa shape index (κ2) is 5.61. The van der Waals surface area contributed by atoms with Crippen LogP contribution in [0.5, 0.6) is 0 Å². The molecule has 6 heteroatoms. The number of anilines is 1. The van der Waals surface area contributed by atoms with Crippen molar-refractivity contribution < 1.29 is 18.0 Å². The molecule has 0 spiro atoms. The molecule has 0 aromatic heterocycles. The monoisotopic (exact) mass is 274 g/mol. The Morgan fingerprint density at radius 3 is 2.11 bits per heavy atom. The average molecular weight is 274 g/mol. The van der Waals surface area contributed by atoms with Crippen LogP contribution in [0.15, 0.2) is 24.3 Å². The maximum Gasteiger partial charge on any atom is 0.416 e. The Balaban J connectivity index is 2.76. The summed E-state index contributed by atoms with van der Waals surface area (Å²) in [6.07, 6.45) is -4.37. The molecule has 1 rings (SSSR count). The molecule has 0 saturated heterocycles. The lowest BCUT2D eigenvalue weighted by atomic mass is 10.0. The molecular weight excluding hydrogens is 257 g/mol. The highest BCUT2D eigenvalue weighted by Crippen LogP contribution is 2.29. The van der Waals surface area contributed by atoms with Gasteiger partial charge in [-0.2, -0.15) is 13.2 Å². The molecule has 1 aromatic rings. The van der Waals surface area contributed by atoms with Crippen LogP contribution < -0.4 is 10.6 Å². The van der Waals surface area contributed by atoms with Crippen molar-refractivity contribution in [3.05, 3.63) is 29.8 Å². The van der Waals surface area contributed by atoms with Crippen molar-refractivity contribution in [2.24, 2.45) is 0 Å². The first-order chi connectivity index (χ1) is 8.66. The van der Waals surface area contributed by atoms with Gasteiger partial charge in [0.1, 0.15) is 0 Å². The van der Waals surface area contributed by atoms with Gasteiger partial charge in [-0.05, 0) is 44.7 Å². The van der Waals surface area contributed by atoms with Crippen LogP contribution in [0.3, 0.4) is 0 Å². The van der Waals surface area contributed by atoms with E-state index in [1.807, 2.05) is 6.92 Å². The fourth-order valence-corrected chi connectivity index (χ4v) is 1.55. The molecule has 1 aromatic carbocycles. The Hall–Kier alpha value is -1.56. The highest BCUT2D eigenvalue weighted by Gasteiger charge is 2.30. The van der Waals surface area contributed by atoms with Crippen molar-refractivity contribution in [1.82, 2.24) is 5.32 Å². The molecule has 2 N–H and O–H groups in total. The second-order valence-corrected chi connectivity index (χ2v) is 4.68. The lowest BCUT2D eigenvalue weighted by Crippen LogP contribution is -2.49. The van der Waals surface area contributed by atoms with Gasteiger partial charge in [0.25, 0.3) is 0 Å². The molecule has 0 radical (unpaired) electrons. The van der Waals surface area contributed by atoms with E-state index in [1.165, 1.54) is 12.1 Å². The second-order valence-electron chi connectivity index (χ2n) is 4.68. The minimum atomic E-state index is -4.37. The van der Waals surface area contributed by atoms with E-state index in [9.17, 15) is 18.0 Å². The first kappa shape index (κ1) is 15.5. The van der Waals surface area contributed by atoms with Crippen LogP contribution in [0.1, 0.15) is 26.3 Å². The zero-order valence-corrected chi connectivity index (χ0v) is 11.1. The van der Waals surface area contributed by atoms with E-state index in [4.69, 9.17) is 0 Å². The SMILES string of the molecule is CCNC(C)(C)C(=O)Nc1ccc(C(F)(F)F)cc1. The zero-order valence-electron chi connectivity index (χ0n) is 11.1. The summed E-state index contributed by atoms with van der Waals surface area (Å²) in [4.78, 5) is 11.9. The van der Waals surface area contributed by atoms with Crippen LogP contribution in [-0.4, -0.2) is 18.0 Å². The molecular formula is C13H17F3N2O. The van der Waals surface area contributed by atoms with Crippen molar-refractivity contribution >= 4 is 11.6 Å². The first-order valence-electron chi connectivity index (χ1n) is 5.90. The molecule has 19 heavy (non-hydrogen) atoms. The number of alkyl halides is 3. The third-order valence-corrected chi connectivity index (χ3v) is 2.66. The van der Waals surface area contributed by atoms with Crippen LogP contribution >= 0.6 is 0 Å². The van der Waals surface area contributed by atoms with Gasteiger partial charge < -0.3 is 10.6 Å². The first-order valence-corrected chi connectivity index (χ1v) is 5.90. The summed E-state index contributed by atoms with van der Waals surface area (Å²) >= 11 is 0. The summed E-state index contributed by atoms with van der Waals surface area (Å²) in [6.45, 7) is 5.90.